The summed E-state index contributed by atoms with van der Waals surface area (Å²) < 4.78 is 2.29. The maximum absolute atomic E-state index is 4.59. The van der Waals surface area contributed by atoms with Crippen molar-refractivity contribution in [3.63, 3.8) is 0 Å². The lowest BCUT2D eigenvalue weighted by Crippen LogP contribution is -2.24. The van der Waals surface area contributed by atoms with Gasteiger partial charge in [-0.1, -0.05) is 13.8 Å². The van der Waals surface area contributed by atoms with E-state index in [-0.39, 0.29) is 0 Å². The fourth-order valence-corrected chi connectivity index (χ4v) is 2.51. The number of imidazole rings is 1. The first-order valence-electron chi connectivity index (χ1n) is 8.02. The van der Waals surface area contributed by atoms with Crippen LogP contribution in [0.3, 0.4) is 0 Å². The number of hydrogen-bond acceptors (Lipinski definition) is 3. The molecule has 0 aliphatic heterocycles. The van der Waals surface area contributed by atoms with Crippen molar-refractivity contribution in [2.45, 2.75) is 66.5 Å². The van der Waals surface area contributed by atoms with Crippen LogP contribution >= 0.6 is 0 Å². The first kappa shape index (κ1) is 17.0. The lowest BCUT2D eigenvalue weighted by molar-refractivity contribution is 0.288. The summed E-state index contributed by atoms with van der Waals surface area (Å²) in [5.41, 5.74) is 1.09. The average Bonchev–Trinajstić information content (AvgIpc) is 2.74. The Morgan fingerprint density at radius 3 is 2.45 bits per heavy atom. The van der Waals surface area contributed by atoms with Crippen LogP contribution in [0.1, 0.15) is 59.2 Å². The molecule has 4 heteroatoms. The quantitative estimate of drug-likeness (QED) is 0.749. The molecule has 4 nitrogen and oxygen atoms in total. The van der Waals surface area contributed by atoms with E-state index in [0.717, 1.165) is 24.7 Å². The largest absolute Gasteiger partial charge is 0.353 e. The van der Waals surface area contributed by atoms with E-state index in [1.54, 1.807) is 0 Å². The normalized spacial score (nSPS) is 13.2. The van der Waals surface area contributed by atoms with Gasteiger partial charge in [-0.05, 0) is 60.2 Å². The molecule has 1 atom stereocenters. The Kier molecular flexibility index (Phi) is 7.06. The van der Waals surface area contributed by atoms with Gasteiger partial charge in [0.25, 0.3) is 0 Å². The van der Waals surface area contributed by atoms with Crippen LogP contribution in [0.2, 0.25) is 0 Å². The van der Waals surface area contributed by atoms with E-state index in [4.69, 9.17) is 0 Å². The average molecular weight is 280 g/mol. The zero-order valence-electron chi connectivity index (χ0n) is 14.1. The molecular weight excluding hydrogens is 248 g/mol. The second-order valence-electron chi connectivity index (χ2n) is 5.93. The van der Waals surface area contributed by atoms with Crippen molar-refractivity contribution in [2.75, 3.05) is 25.0 Å². The highest BCUT2D eigenvalue weighted by atomic mass is 15.2. The van der Waals surface area contributed by atoms with E-state index in [1.165, 1.54) is 19.4 Å². The molecule has 0 aliphatic rings. The van der Waals surface area contributed by atoms with Gasteiger partial charge in [-0.2, -0.15) is 0 Å². The Labute approximate surface area is 124 Å². The van der Waals surface area contributed by atoms with E-state index in [0.29, 0.717) is 12.1 Å². The molecule has 0 saturated heterocycles. The van der Waals surface area contributed by atoms with Crippen molar-refractivity contribution >= 4 is 5.95 Å². The van der Waals surface area contributed by atoms with Gasteiger partial charge in [-0.15, -0.1) is 0 Å². The number of rotatable bonds is 9. The van der Waals surface area contributed by atoms with Crippen LogP contribution in [0.4, 0.5) is 5.95 Å². The number of nitrogens with zero attached hydrogens (tertiary/aromatic N) is 3. The van der Waals surface area contributed by atoms with Crippen LogP contribution < -0.4 is 5.32 Å². The minimum atomic E-state index is 0.415. The fraction of sp³-hybridized carbons (Fsp3) is 0.812. The maximum atomic E-state index is 4.59. The van der Waals surface area contributed by atoms with Crippen LogP contribution in [-0.4, -0.2) is 40.1 Å². The predicted octanol–water partition coefficient (Wildman–Crippen LogP) is 3.69. The molecule has 0 spiro atoms. The lowest BCUT2D eigenvalue weighted by Gasteiger charge is -2.21. The first-order valence-corrected chi connectivity index (χ1v) is 8.02. The van der Waals surface area contributed by atoms with Gasteiger partial charge in [0.2, 0.25) is 5.95 Å². The summed E-state index contributed by atoms with van der Waals surface area (Å²) in [6.45, 7) is 16.6. The fourth-order valence-electron chi connectivity index (χ4n) is 2.51. The molecule has 1 unspecified atom stereocenters. The molecule has 0 aromatic carbocycles. The number of aryl methyl sites for hydroxylation is 1. The second-order valence-corrected chi connectivity index (χ2v) is 5.93. The van der Waals surface area contributed by atoms with E-state index >= 15 is 0 Å². The first-order chi connectivity index (χ1) is 9.47. The molecule has 1 N–H and O–H groups in total. The minimum Gasteiger partial charge on any atom is -0.353 e. The minimum absolute atomic E-state index is 0.415. The molecule has 20 heavy (non-hydrogen) atoms. The highest BCUT2D eigenvalue weighted by Gasteiger charge is 2.12. The van der Waals surface area contributed by atoms with Crippen molar-refractivity contribution in [1.82, 2.24) is 14.5 Å². The smallest absolute Gasteiger partial charge is 0.203 e. The summed E-state index contributed by atoms with van der Waals surface area (Å²) in [5, 5.41) is 3.44. The molecule has 1 aromatic rings. The molecule has 0 fully saturated rings. The number of anilines is 1. The van der Waals surface area contributed by atoms with Crippen LogP contribution in [0.15, 0.2) is 6.20 Å². The summed E-state index contributed by atoms with van der Waals surface area (Å²) in [4.78, 5) is 7.07. The summed E-state index contributed by atoms with van der Waals surface area (Å²) in [6, 6.07) is 0.909. The van der Waals surface area contributed by atoms with Crippen molar-refractivity contribution in [1.29, 1.82) is 0 Å². The van der Waals surface area contributed by atoms with Crippen LogP contribution in [-0.2, 0) is 0 Å². The van der Waals surface area contributed by atoms with Gasteiger partial charge >= 0.3 is 0 Å². The molecule has 0 radical (unpaired) electrons. The summed E-state index contributed by atoms with van der Waals surface area (Å²) in [5.74, 6) is 1.01. The molecule has 116 valence electrons. The van der Waals surface area contributed by atoms with Crippen LogP contribution in [0, 0.1) is 6.92 Å². The summed E-state index contributed by atoms with van der Waals surface area (Å²) in [6.07, 6.45) is 4.59. The topological polar surface area (TPSA) is 33.1 Å². The Morgan fingerprint density at radius 1 is 1.25 bits per heavy atom. The zero-order valence-corrected chi connectivity index (χ0v) is 14.1. The van der Waals surface area contributed by atoms with Crippen LogP contribution in [0.25, 0.3) is 0 Å². The Balaban J connectivity index is 2.56. The van der Waals surface area contributed by atoms with Gasteiger partial charge in [-0.25, -0.2) is 4.98 Å². The molecule has 1 heterocycles. The van der Waals surface area contributed by atoms with Crippen molar-refractivity contribution in [3.05, 3.63) is 11.9 Å². The van der Waals surface area contributed by atoms with Gasteiger partial charge in [0, 0.05) is 18.3 Å². The third-order valence-electron chi connectivity index (χ3n) is 3.74. The van der Waals surface area contributed by atoms with E-state index in [2.05, 4.69) is 67.5 Å². The highest BCUT2D eigenvalue weighted by Crippen LogP contribution is 2.20. The zero-order chi connectivity index (χ0) is 15.1. The lowest BCUT2D eigenvalue weighted by atomic mass is 10.1. The Bertz CT molecular complexity index is 380. The highest BCUT2D eigenvalue weighted by molar-refractivity contribution is 5.30. The molecule has 1 aromatic heterocycles. The Morgan fingerprint density at radius 2 is 1.90 bits per heavy atom. The third-order valence-corrected chi connectivity index (χ3v) is 3.74. The van der Waals surface area contributed by atoms with Gasteiger partial charge in [0.05, 0.1) is 5.69 Å². The van der Waals surface area contributed by atoms with Gasteiger partial charge in [-0.3, -0.25) is 0 Å². The second kappa shape index (κ2) is 8.30. The standard InChI is InChI=1S/C16H32N4/c1-7-19(8-2)11-9-10-15(6)20-12-14(5)18-16(20)17-13(3)4/h12-13,15H,7-11H2,1-6H3,(H,17,18). The molecular formula is C16H32N4. The summed E-state index contributed by atoms with van der Waals surface area (Å²) >= 11 is 0. The van der Waals surface area contributed by atoms with Gasteiger partial charge in [0.1, 0.15) is 0 Å². The predicted molar refractivity (Wildman–Crippen MR) is 87.5 cm³/mol. The number of aromatic nitrogens is 2. The molecule has 0 amide bonds. The number of nitrogens with one attached hydrogen (secondary N) is 1. The van der Waals surface area contributed by atoms with Crippen molar-refractivity contribution in [3.8, 4) is 0 Å². The van der Waals surface area contributed by atoms with Gasteiger partial charge in [0.15, 0.2) is 0 Å². The summed E-state index contributed by atoms with van der Waals surface area (Å²) in [7, 11) is 0. The third kappa shape index (κ3) is 5.16. The van der Waals surface area contributed by atoms with E-state index in [9.17, 15) is 0 Å². The molecule has 0 bridgehead atoms. The Hall–Kier alpha value is -1.03. The molecule has 0 saturated carbocycles. The molecule has 1 rings (SSSR count). The SMILES string of the molecule is CCN(CC)CCCC(C)n1cc(C)nc1NC(C)C. The van der Waals surface area contributed by atoms with Gasteiger partial charge < -0.3 is 14.8 Å². The number of hydrogen-bond donors (Lipinski definition) is 1. The molecule has 0 aliphatic carbocycles. The van der Waals surface area contributed by atoms with Crippen LogP contribution in [0.5, 0.6) is 0 Å². The monoisotopic (exact) mass is 280 g/mol. The van der Waals surface area contributed by atoms with Crippen molar-refractivity contribution < 1.29 is 0 Å². The maximum Gasteiger partial charge on any atom is 0.203 e. The van der Waals surface area contributed by atoms with E-state index < -0.39 is 0 Å². The van der Waals surface area contributed by atoms with E-state index in [1.807, 2.05) is 0 Å². The van der Waals surface area contributed by atoms with Crippen molar-refractivity contribution in [2.24, 2.45) is 0 Å².